The zero-order valence-corrected chi connectivity index (χ0v) is 16.9. The van der Waals surface area contributed by atoms with E-state index in [4.69, 9.17) is 9.90 Å². The number of carbonyl (C=O) groups excluding carboxylic acids is 1. The third kappa shape index (κ3) is 3.89. The molecule has 0 bridgehead atoms. The second-order valence-corrected chi connectivity index (χ2v) is 7.31. The highest BCUT2D eigenvalue weighted by Crippen LogP contribution is 2.37. The van der Waals surface area contributed by atoms with E-state index in [1.165, 1.54) is 0 Å². The van der Waals surface area contributed by atoms with E-state index in [-0.39, 0.29) is 18.9 Å². The van der Waals surface area contributed by atoms with Crippen molar-refractivity contribution in [2.24, 2.45) is 0 Å². The molecular weight excluding hydrogens is 386 g/mol. The van der Waals surface area contributed by atoms with Gasteiger partial charge in [-0.05, 0) is 38.2 Å². The first-order chi connectivity index (χ1) is 14.4. The minimum atomic E-state index is -0.705. The molecule has 0 radical (unpaired) electrons. The Bertz CT molecular complexity index is 1010. The lowest BCUT2D eigenvalue weighted by atomic mass is 9.77. The largest absolute Gasteiger partial charge is 0.483 e. The van der Waals surface area contributed by atoms with Crippen LogP contribution in [0.2, 0.25) is 0 Å². The van der Waals surface area contributed by atoms with Crippen molar-refractivity contribution >= 4 is 23.4 Å². The second kappa shape index (κ2) is 9.02. The highest BCUT2D eigenvalue weighted by atomic mass is 16.3. The SMILES string of the molecule is CN(C)[C@]1(c2ccccc2)CCN(C(=O)c2ccc3cn[nH]c3n2)C[C@H]1O.O=CO. The third-order valence-corrected chi connectivity index (χ3v) is 5.59. The molecule has 9 nitrogen and oxygen atoms in total. The van der Waals surface area contributed by atoms with Crippen molar-refractivity contribution in [3.63, 3.8) is 0 Å². The number of piperidine rings is 1. The Morgan fingerprint density at radius 3 is 2.60 bits per heavy atom. The molecule has 1 saturated heterocycles. The second-order valence-electron chi connectivity index (χ2n) is 7.31. The fourth-order valence-electron chi connectivity index (χ4n) is 4.06. The molecule has 1 fully saturated rings. The van der Waals surface area contributed by atoms with E-state index in [9.17, 15) is 9.90 Å². The van der Waals surface area contributed by atoms with Crippen LogP contribution in [-0.4, -0.2) is 80.9 Å². The van der Waals surface area contributed by atoms with Crippen LogP contribution in [0.1, 0.15) is 22.5 Å². The molecule has 3 N–H and O–H groups in total. The number of amides is 1. The van der Waals surface area contributed by atoms with Crippen LogP contribution < -0.4 is 0 Å². The predicted molar refractivity (Wildman–Crippen MR) is 111 cm³/mol. The first kappa shape index (κ1) is 21.4. The van der Waals surface area contributed by atoms with E-state index in [0.29, 0.717) is 24.3 Å². The number of rotatable bonds is 3. The van der Waals surface area contributed by atoms with E-state index in [1.54, 1.807) is 17.2 Å². The van der Waals surface area contributed by atoms with Crippen LogP contribution in [0, 0.1) is 0 Å². The summed E-state index contributed by atoms with van der Waals surface area (Å²) in [4.78, 5) is 29.4. The highest BCUT2D eigenvalue weighted by molar-refractivity contribution is 5.94. The average Bonchev–Trinajstić information content (AvgIpc) is 3.22. The van der Waals surface area contributed by atoms with Crippen molar-refractivity contribution in [3.05, 3.63) is 59.9 Å². The fourth-order valence-corrected chi connectivity index (χ4v) is 4.06. The Hall–Kier alpha value is -3.30. The highest BCUT2D eigenvalue weighted by Gasteiger charge is 2.46. The maximum absolute atomic E-state index is 12.9. The van der Waals surface area contributed by atoms with Gasteiger partial charge in [0.1, 0.15) is 5.69 Å². The molecule has 0 spiro atoms. The topological polar surface area (TPSA) is 123 Å². The molecule has 3 aromatic rings. The van der Waals surface area contributed by atoms with Crippen molar-refractivity contribution in [1.29, 1.82) is 0 Å². The number of β-amino-alcohol motifs (C(OH)–C–C–N with tert-alkyl or cyclic N) is 1. The first-order valence-electron chi connectivity index (χ1n) is 9.52. The summed E-state index contributed by atoms with van der Waals surface area (Å²) in [5, 5.41) is 25.6. The van der Waals surface area contributed by atoms with Gasteiger partial charge in [-0.3, -0.25) is 19.6 Å². The van der Waals surface area contributed by atoms with Crippen LogP contribution in [0.15, 0.2) is 48.7 Å². The molecule has 158 valence electrons. The molecule has 2 atom stereocenters. The summed E-state index contributed by atoms with van der Waals surface area (Å²) in [6.07, 6.45) is 1.61. The lowest BCUT2D eigenvalue weighted by Gasteiger charge is -2.49. The third-order valence-electron chi connectivity index (χ3n) is 5.59. The number of likely N-dealkylation sites (N-methyl/N-ethyl adjacent to an activating group) is 1. The molecule has 2 aromatic heterocycles. The number of aromatic nitrogens is 3. The van der Waals surface area contributed by atoms with Crippen molar-refractivity contribution in [3.8, 4) is 0 Å². The molecule has 0 saturated carbocycles. The minimum Gasteiger partial charge on any atom is -0.483 e. The van der Waals surface area contributed by atoms with Crippen LogP contribution in [-0.2, 0) is 10.3 Å². The molecule has 0 aliphatic carbocycles. The summed E-state index contributed by atoms with van der Waals surface area (Å²) >= 11 is 0. The van der Waals surface area contributed by atoms with Gasteiger partial charge < -0.3 is 15.1 Å². The van der Waals surface area contributed by atoms with Gasteiger partial charge in [0.25, 0.3) is 12.4 Å². The van der Waals surface area contributed by atoms with Crippen molar-refractivity contribution < 1.29 is 19.8 Å². The standard InChI is InChI=1S/C20H23N5O2.CH2O2/c1-24(2)20(15-6-4-3-5-7-15)10-11-25(13-17(20)26)19(27)16-9-8-14-12-21-23-18(14)22-16;2-1-3/h3-9,12,17,26H,10-11,13H2,1-2H3,(H,21,22,23);1H,(H,2,3)/t17-,20+;/m1./s1. The summed E-state index contributed by atoms with van der Waals surface area (Å²) < 4.78 is 0. The first-order valence-corrected chi connectivity index (χ1v) is 9.52. The molecule has 1 aliphatic heterocycles. The van der Waals surface area contributed by atoms with E-state index in [1.807, 2.05) is 50.5 Å². The summed E-state index contributed by atoms with van der Waals surface area (Å²) in [5.74, 6) is -0.175. The number of carboxylic acid groups (broad SMARTS) is 1. The molecule has 9 heteroatoms. The predicted octanol–water partition coefficient (Wildman–Crippen LogP) is 1.32. The summed E-state index contributed by atoms with van der Waals surface area (Å²) in [5.41, 5.74) is 1.49. The molecule has 30 heavy (non-hydrogen) atoms. The number of hydrogen-bond donors (Lipinski definition) is 3. The fraction of sp³-hybridized carbons (Fsp3) is 0.333. The van der Waals surface area contributed by atoms with Crippen LogP contribution in [0.3, 0.4) is 0 Å². The number of H-pyrrole nitrogens is 1. The number of nitrogens with one attached hydrogen (secondary N) is 1. The van der Waals surface area contributed by atoms with Crippen LogP contribution in [0.25, 0.3) is 11.0 Å². The minimum absolute atomic E-state index is 0.175. The van der Waals surface area contributed by atoms with E-state index in [2.05, 4.69) is 20.1 Å². The Labute approximate surface area is 174 Å². The summed E-state index contributed by atoms with van der Waals surface area (Å²) in [7, 11) is 3.95. The number of aliphatic hydroxyl groups is 1. The van der Waals surface area contributed by atoms with Crippen LogP contribution >= 0.6 is 0 Å². The van der Waals surface area contributed by atoms with Gasteiger partial charge in [-0.25, -0.2) is 4.98 Å². The Morgan fingerprint density at radius 1 is 1.27 bits per heavy atom. The quantitative estimate of drug-likeness (QED) is 0.556. The number of benzene rings is 1. The average molecular weight is 411 g/mol. The zero-order valence-electron chi connectivity index (χ0n) is 16.9. The van der Waals surface area contributed by atoms with Gasteiger partial charge in [0.05, 0.1) is 17.8 Å². The lowest BCUT2D eigenvalue weighted by Crippen LogP contribution is -2.60. The molecule has 1 aliphatic rings. The molecular formula is C21H25N5O4. The van der Waals surface area contributed by atoms with Crippen LogP contribution in [0.5, 0.6) is 0 Å². The number of carbonyl (C=O) groups is 2. The smallest absolute Gasteiger partial charge is 0.290 e. The molecule has 1 amide bonds. The number of hydrogen-bond acceptors (Lipinski definition) is 6. The lowest BCUT2D eigenvalue weighted by molar-refractivity contribution is -0.122. The maximum atomic E-state index is 12.9. The van der Waals surface area contributed by atoms with E-state index >= 15 is 0 Å². The van der Waals surface area contributed by atoms with E-state index in [0.717, 1.165) is 10.9 Å². The maximum Gasteiger partial charge on any atom is 0.290 e. The number of pyridine rings is 1. The van der Waals surface area contributed by atoms with Gasteiger partial charge in [-0.15, -0.1) is 0 Å². The monoisotopic (exact) mass is 411 g/mol. The molecule has 0 unspecified atom stereocenters. The van der Waals surface area contributed by atoms with Crippen molar-refractivity contribution in [1.82, 2.24) is 25.0 Å². The van der Waals surface area contributed by atoms with Gasteiger partial charge in [-0.2, -0.15) is 5.10 Å². The van der Waals surface area contributed by atoms with Gasteiger partial charge in [-0.1, -0.05) is 30.3 Å². The number of aromatic amines is 1. The summed E-state index contributed by atoms with van der Waals surface area (Å²) in [6, 6.07) is 13.5. The van der Waals surface area contributed by atoms with Gasteiger partial charge in [0, 0.05) is 18.5 Å². The number of likely N-dealkylation sites (tertiary alicyclic amines) is 1. The number of fused-ring (bicyclic) bond motifs is 1. The van der Waals surface area contributed by atoms with Crippen molar-refractivity contribution in [2.75, 3.05) is 27.2 Å². The van der Waals surface area contributed by atoms with E-state index < -0.39 is 11.6 Å². The molecule has 1 aromatic carbocycles. The zero-order chi connectivity index (χ0) is 21.7. The normalized spacial score (nSPS) is 21.2. The van der Waals surface area contributed by atoms with Gasteiger partial charge >= 0.3 is 0 Å². The number of nitrogens with zero attached hydrogens (tertiary/aromatic N) is 4. The van der Waals surface area contributed by atoms with Crippen LogP contribution in [0.4, 0.5) is 0 Å². The van der Waals surface area contributed by atoms with Gasteiger partial charge in [0.15, 0.2) is 5.65 Å². The Balaban J connectivity index is 0.000000806. The van der Waals surface area contributed by atoms with Crippen molar-refractivity contribution in [2.45, 2.75) is 18.1 Å². The molecule has 4 rings (SSSR count). The Morgan fingerprint density at radius 2 is 1.97 bits per heavy atom. The summed E-state index contributed by atoms with van der Waals surface area (Å²) in [6.45, 7) is 0.556. The molecule has 3 heterocycles. The number of aliphatic hydroxyl groups excluding tert-OH is 1. The Kier molecular flexibility index (Phi) is 6.43. The van der Waals surface area contributed by atoms with Gasteiger partial charge in [0.2, 0.25) is 0 Å².